The van der Waals surface area contributed by atoms with Crippen LogP contribution in [0.3, 0.4) is 0 Å². The maximum absolute atomic E-state index is 12.1. The molecule has 1 aromatic heterocycles. The van der Waals surface area contributed by atoms with Gasteiger partial charge in [0.15, 0.2) is 0 Å². The minimum atomic E-state index is -1.26. The van der Waals surface area contributed by atoms with E-state index in [2.05, 4.69) is 5.32 Å². The molecule has 0 radical (unpaired) electrons. The van der Waals surface area contributed by atoms with Crippen LogP contribution in [0.1, 0.15) is 24.8 Å². The summed E-state index contributed by atoms with van der Waals surface area (Å²) in [5.41, 5.74) is -1.31. The van der Waals surface area contributed by atoms with Crippen molar-refractivity contribution in [3.05, 3.63) is 26.4 Å². The third-order valence-corrected chi connectivity index (χ3v) is 3.19. The lowest BCUT2D eigenvalue weighted by Crippen LogP contribution is -2.45. The Morgan fingerprint density at radius 2 is 2.05 bits per heavy atom. The number of amides is 1. The molecular formula is C11H13N3O5. The molecule has 1 atom stereocenters. The molecule has 1 amide bonds. The second kappa shape index (κ2) is 4.38. The maximum Gasteiger partial charge on any atom is 0.332 e. The summed E-state index contributed by atoms with van der Waals surface area (Å²) < 4.78 is 2.04. The van der Waals surface area contributed by atoms with Gasteiger partial charge in [-0.1, -0.05) is 0 Å². The molecule has 19 heavy (non-hydrogen) atoms. The molecule has 0 fully saturated rings. The summed E-state index contributed by atoms with van der Waals surface area (Å²) in [7, 11) is 1.28. The zero-order valence-corrected chi connectivity index (χ0v) is 10.5. The summed E-state index contributed by atoms with van der Waals surface area (Å²) in [6, 6.07) is 0. The molecule has 8 nitrogen and oxygen atoms in total. The Morgan fingerprint density at radius 3 is 2.58 bits per heavy atom. The fraction of sp³-hybridized carbons (Fsp3) is 0.455. The smallest absolute Gasteiger partial charge is 0.332 e. The Labute approximate surface area is 107 Å². The topological polar surface area (TPSA) is 110 Å². The number of carboxylic acids is 1. The van der Waals surface area contributed by atoms with Gasteiger partial charge in [-0.05, 0) is 6.92 Å². The van der Waals surface area contributed by atoms with E-state index >= 15 is 0 Å². The van der Waals surface area contributed by atoms with Gasteiger partial charge < -0.3 is 10.4 Å². The molecule has 2 heterocycles. The highest BCUT2D eigenvalue weighted by Crippen LogP contribution is 2.28. The number of hydrogen-bond acceptors (Lipinski definition) is 4. The highest BCUT2D eigenvalue weighted by molar-refractivity contribution is 5.98. The number of anilines is 1. The van der Waals surface area contributed by atoms with Crippen molar-refractivity contribution in [1.82, 2.24) is 9.13 Å². The normalized spacial score (nSPS) is 17.8. The number of nitrogens with one attached hydrogen (secondary N) is 1. The molecule has 1 aliphatic heterocycles. The third-order valence-electron chi connectivity index (χ3n) is 3.19. The molecule has 102 valence electrons. The Balaban J connectivity index is 2.88. The van der Waals surface area contributed by atoms with Gasteiger partial charge >= 0.3 is 11.7 Å². The molecule has 0 spiro atoms. The van der Waals surface area contributed by atoms with Gasteiger partial charge in [-0.3, -0.25) is 23.5 Å². The van der Waals surface area contributed by atoms with E-state index in [1.807, 2.05) is 0 Å². The Morgan fingerprint density at radius 1 is 1.42 bits per heavy atom. The lowest BCUT2D eigenvalue weighted by Gasteiger charge is -2.25. The van der Waals surface area contributed by atoms with E-state index in [4.69, 9.17) is 5.11 Å². The second-order valence-electron chi connectivity index (χ2n) is 4.30. The monoisotopic (exact) mass is 267 g/mol. The van der Waals surface area contributed by atoms with Crippen molar-refractivity contribution >= 4 is 17.7 Å². The average Bonchev–Trinajstić information content (AvgIpc) is 2.35. The number of rotatable bonds is 2. The lowest BCUT2D eigenvalue weighted by atomic mass is 9.93. The molecule has 0 saturated carbocycles. The van der Waals surface area contributed by atoms with E-state index in [1.54, 1.807) is 6.92 Å². The highest BCUT2D eigenvalue weighted by Gasteiger charge is 2.35. The minimum absolute atomic E-state index is 0.000694. The summed E-state index contributed by atoms with van der Waals surface area (Å²) in [6.45, 7) is 1.89. The first-order chi connectivity index (χ1) is 8.88. The number of hydrogen-bond donors (Lipinski definition) is 2. The van der Waals surface area contributed by atoms with Crippen molar-refractivity contribution in [2.75, 3.05) is 5.32 Å². The van der Waals surface area contributed by atoms with Gasteiger partial charge in [0.2, 0.25) is 5.91 Å². The molecule has 2 rings (SSSR count). The highest BCUT2D eigenvalue weighted by atomic mass is 16.4. The van der Waals surface area contributed by atoms with E-state index in [9.17, 15) is 19.2 Å². The second-order valence-corrected chi connectivity index (χ2v) is 4.30. The van der Waals surface area contributed by atoms with Gasteiger partial charge in [-0.2, -0.15) is 0 Å². The molecule has 0 aliphatic carbocycles. The largest absolute Gasteiger partial charge is 0.481 e. The average molecular weight is 267 g/mol. The number of carboxylic acid groups (broad SMARTS) is 1. The van der Waals surface area contributed by atoms with Gasteiger partial charge in [0.25, 0.3) is 5.56 Å². The minimum Gasteiger partial charge on any atom is -0.481 e. The van der Waals surface area contributed by atoms with Crippen molar-refractivity contribution in [1.29, 1.82) is 0 Å². The van der Waals surface area contributed by atoms with Crippen LogP contribution in [0.5, 0.6) is 0 Å². The predicted molar refractivity (Wildman–Crippen MR) is 65.2 cm³/mol. The van der Waals surface area contributed by atoms with Crippen molar-refractivity contribution in [2.24, 2.45) is 7.05 Å². The third kappa shape index (κ3) is 1.85. The Hall–Kier alpha value is -2.38. The van der Waals surface area contributed by atoms with Crippen molar-refractivity contribution in [2.45, 2.75) is 25.8 Å². The van der Waals surface area contributed by atoms with Gasteiger partial charge in [-0.15, -0.1) is 0 Å². The summed E-state index contributed by atoms with van der Waals surface area (Å²) >= 11 is 0. The van der Waals surface area contributed by atoms with E-state index in [0.29, 0.717) is 0 Å². The number of aliphatic carboxylic acids is 1. The molecule has 0 unspecified atom stereocenters. The number of carbonyl (C=O) groups is 2. The van der Waals surface area contributed by atoms with Gasteiger partial charge in [0.05, 0.1) is 11.5 Å². The summed E-state index contributed by atoms with van der Waals surface area (Å²) in [6.07, 6.45) is -0.306. The Kier molecular flexibility index (Phi) is 3.01. The van der Waals surface area contributed by atoms with Crippen LogP contribution in [0.15, 0.2) is 9.59 Å². The van der Waals surface area contributed by atoms with Crippen molar-refractivity contribution in [3.8, 4) is 0 Å². The van der Waals surface area contributed by atoms with Crippen LogP contribution in [0.2, 0.25) is 0 Å². The van der Waals surface area contributed by atoms with E-state index < -0.39 is 29.0 Å². The number of aromatic nitrogens is 2. The first-order valence-corrected chi connectivity index (χ1v) is 5.74. The maximum atomic E-state index is 12.1. The van der Waals surface area contributed by atoms with Crippen molar-refractivity contribution < 1.29 is 14.7 Å². The molecular weight excluding hydrogens is 254 g/mol. The first-order valence-electron chi connectivity index (χ1n) is 5.74. The summed E-state index contributed by atoms with van der Waals surface area (Å²) in [4.78, 5) is 46.7. The summed E-state index contributed by atoms with van der Waals surface area (Å²) in [5.74, 6) is -3.00. The lowest BCUT2D eigenvalue weighted by molar-refractivity contribution is -0.140. The van der Waals surface area contributed by atoms with E-state index in [0.717, 1.165) is 4.57 Å². The van der Waals surface area contributed by atoms with E-state index in [-0.39, 0.29) is 24.3 Å². The van der Waals surface area contributed by atoms with Gasteiger partial charge in [0, 0.05) is 20.0 Å². The SMILES string of the molecule is CCn1c2c(c(=O)n(C)c1=O)[C@H](C(=O)O)CC(=O)N2. The van der Waals surface area contributed by atoms with Crippen LogP contribution in [0.25, 0.3) is 0 Å². The fourth-order valence-corrected chi connectivity index (χ4v) is 2.21. The number of fused-ring (bicyclic) bond motifs is 1. The zero-order chi connectivity index (χ0) is 14.3. The molecule has 8 heteroatoms. The van der Waals surface area contributed by atoms with Crippen LogP contribution >= 0.6 is 0 Å². The zero-order valence-electron chi connectivity index (χ0n) is 10.5. The van der Waals surface area contributed by atoms with Crippen LogP contribution in [0.4, 0.5) is 5.82 Å². The molecule has 0 saturated heterocycles. The van der Waals surface area contributed by atoms with Crippen molar-refractivity contribution in [3.63, 3.8) is 0 Å². The van der Waals surface area contributed by atoms with Gasteiger partial charge in [-0.25, -0.2) is 4.79 Å². The van der Waals surface area contributed by atoms with Crippen LogP contribution in [-0.4, -0.2) is 26.1 Å². The number of carbonyl (C=O) groups excluding carboxylic acids is 1. The predicted octanol–water partition coefficient (Wildman–Crippen LogP) is -0.923. The van der Waals surface area contributed by atoms with Gasteiger partial charge in [0.1, 0.15) is 5.82 Å². The standard InChI is InChI=1S/C11H13N3O5/c1-3-14-8-7(9(16)13(2)11(14)19)5(10(17)18)4-6(15)12-8/h5H,3-4H2,1-2H3,(H,12,15)(H,17,18)/t5-/m1/s1. The van der Waals surface area contributed by atoms with E-state index in [1.165, 1.54) is 11.6 Å². The van der Waals surface area contributed by atoms with Crippen LogP contribution in [0, 0.1) is 0 Å². The fourth-order valence-electron chi connectivity index (χ4n) is 2.21. The number of nitrogens with zero attached hydrogens (tertiary/aromatic N) is 2. The quantitative estimate of drug-likeness (QED) is 0.719. The molecule has 2 N–H and O–H groups in total. The van der Waals surface area contributed by atoms with Crippen LogP contribution in [-0.2, 0) is 23.2 Å². The molecule has 0 aromatic carbocycles. The van der Waals surface area contributed by atoms with Crippen LogP contribution < -0.4 is 16.6 Å². The summed E-state index contributed by atoms with van der Waals surface area (Å²) in [5, 5.41) is 11.6. The first kappa shape index (κ1) is 13.1. The Bertz CT molecular complexity index is 685. The molecule has 0 bridgehead atoms. The molecule has 1 aromatic rings. The molecule has 1 aliphatic rings.